The molecular weight excluding hydrogens is 230 g/mol. The van der Waals surface area contributed by atoms with Crippen LogP contribution in [0.3, 0.4) is 0 Å². The van der Waals surface area contributed by atoms with E-state index in [2.05, 4.69) is 4.90 Å². The van der Waals surface area contributed by atoms with Gasteiger partial charge in [-0.3, -0.25) is 4.90 Å². The summed E-state index contributed by atoms with van der Waals surface area (Å²) in [6.07, 6.45) is 4.04. The van der Waals surface area contributed by atoms with Crippen molar-refractivity contribution >= 4 is 0 Å². The summed E-state index contributed by atoms with van der Waals surface area (Å²) in [5.41, 5.74) is 0.951. The van der Waals surface area contributed by atoms with Gasteiger partial charge in [0, 0.05) is 30.8 Å². The summed E-state index contributed by atoms with van der Waals surface area (Å²) in [7, 11) is 0. The lowest BCUT2D eigenvalue weighted by atomic mass is 10.1. The Kier molecular flexibility index (Phi) is 2.21. The van der Waals surface area contributed by atoms with Crippen LogP contribution in [-0.4, -0.2) is 29.4 Å². The van der Waals surface area contributed by atoms with Crippen molar-refractivity contribution in [1.29, 1.82) is 0 Å². The molecule has 1 N–H and O–H groups in total. The van der Waals surface area contributed by atoms with Crippen LogP contribution in [0.2, 0.25) is 0 Å². The topological polar surface area (TPSA) is 41.9 Å². The van der Waals surface area contributed by atoms with Crippen LogP contribution >= 0.6 is 0 Å². The molecule has 1 aromatic rings. The van der Waals surface area contributed by atoms with Crippen LogP contribution in [-0.2, 0) is 6.54 Å². The molecule has 2 unspecified atom stereocenters. The summed E-state index contributed by atoms with van der Waals surface area (Å²) >= 11 is 0. The highest BCUT2D eigenvalue weighted by Gasteiger charge is 2.37. The van der Waals surface area contributed by atoms with Crippen molar-refractivity contribution in [3.63, 3.8) is 0 Å². The molecule has 96 valence electrons. The fraction of sp³-hybridized carbons (Fsp3) is 0.571. The highest BCUT2D eigenvalue weighted by atomic mass is 16.7. The van der Waals surface area contributed by atoms with Gasteiger partial charge in [0.2, 0.25) is 6.79 Å². The molecule has 4 rings (SSSR count). The van der Waals surface area contributed by atoms with Gasteiger partial charge in [0.15, 0.2) is 11.5 Å². The van der Waals surface area contributed by atoms with Crippen LogP contribution in [0.15, 0.2) is 12.1 Å². The Morgan fingerprint density at radius 2 is 2.06 bits per heavy atom. The minimum atomic E-state index is 0.257. The molecule has 0 spiro atoms. The third-order valence-electron chi connectivity index (χ3n) is 4.47. The predicted molar refractivity (Wildman–Crippen MR) is 65.8 cm³/mol. The number of piperidine rings is 1. The van der Waals surface area contributed by atoms with Gasteiger partial charge in [-0.05, 0) is 31.2 Å². The second-order valence-electron chi connectivity index (χ2n) is 5.60. The lowest BCUT2D eigenvalue weighted by Gasteiger charge is -2.27. The first-order valence-corrected chi connectivity index (χ1v) is 6.65. The first-order valence-electron chi connectivity index (χ1n) is 6.65. The number of likely N-dealkylation sites (tertiary alicyclic amines) is 1. The van der Waals surface area contributed by atoms with Gasteiger partial charge >= 0.3 is 0 Å². The van der Waals surface area contributed by atoms with Crippen LogP contribution in [0.1, 0.15) is 24.8 Å². The SMILES string of the molecule is Oc1cc2c(cc1CN1CC3CCC1C3)OCO2. The lowest BCUT2D eigenvalue weighted by molar-refractivity contribution is 0.173. The second-order valence-corrected chi connectivity index (χ2v) is 5.60. The molecular formula is C14H17NO3. The van der Waals surface area contributed by atoms with Gasteiger partial charge in [-0.1, -0.05) is 0 Å². The van der Waals surface area contributed by atoms with E-state index in [0.717, 1.165) is 29.8 Å². The quantitative estimate of drug-likeness (QED) is 0.869. The summed E-state index contributed by atoms with van der Waals surface area (Å²) in [6, 6.07) is 4.31. The van der Waals surface area contributed by atoms with E-state index in [1.54, 1.807) is 6.07 Å². The Bertz CT molecular complexity index is 488. The predicted octanol–water partition coefficient (Wildman–Crippen LogP) is 2.11. The summed E-state index contributed by atoms with van der Waals surface area (Å²) in [6.45, 7) is 2.26. The number of aromatic hydroxyl groups is 1. The second kappa shape index (κ2) is 3.79. The first-order chi connectivity index (χ1) is 8.79. The molecule has 1 aromatic carbocycles. The van der Waals surface area contributed by atoms with Gasteiger partial charge in [0.25, 0.3) is 0 Å². The summed E-state index contributed by atoms with van der Waals surface area (Å²) in [4.78, 5) is 2.49. The standard InChI is InChI=1S/C14H17NO3/c16-12-5-14-13(17-8-18-14)4-10(12)7-15-6-9-1-2-11(15)3-9/h4-5,9,11,16H,1-3,6-8H2. The van der Waals surface area contributed by atoms with Crippen LogP contribution in [0.25, 0.3) is 0 Å². The smallest absolute Gasteiger partial charge is 0.231 e. The lowest BCUT2D eigenvalue weighted by Crippen LogP contribution is -2.31. The van der Waals surface area contributed by atoms with Crippen LogP contribution in [0.5, 0.6) is 17.2 Å². The zero-order chi connectivity index (χ0) is 12.1. The number of fused-ring (bicyclic) bond motifs is 3. The van der Waals surface area contributed by atoms with Gasteiger partial charge in [-0.25, -0.2) is 0 Å². The van der Waals surface area contributed by atoms with Gasteiger partial charge in [-0.2, -0.15) is 0 Å². The van der Waals surface area contributed by atoms with Crippen molar-refractivity contribution in [2.75, 3.05) is 13.3 Å². The van der Waals surface area contributed by atoms with Crippen LogP contribution in [0, 0.1) is 5.92 Å². The molecule has 4 heteroatoms. The number of rotatable bonds is 2. The molecule has 2 aliphatic heterocycles. The molecule has 0 amide bonds. The Labute approximate surface area is 106 Å². The molecule has 1 saturated heterocycles. The Balaban J connectivity index is 1.58. The highest BCUT2D eigenvalue weighted by Crippen LogP contribution is 2.41. The fourth-order valence-electron chi connectivity index (χ4n) is 3.54. The fourth-order valence-corrected chi connectivity index (χ4v) is 3.54. The maximum absolute atomic E-state index is 10.0. The number of phenols is 1. The van der Waals surface area contributed by atoms with E-state index in [-0.39, 0.29) is 6.79 Å². The van der Waals surface area contributed by atoms with E-state index in [4.69, 9.17) is 9.47 Å². The van der Waals surface area contributed by atoms with Gasteiger partial charge in [-0.15, -0.1) is 0 Å². The highest BCUT2D eigenvalue weighted by molar-refractivity contribution is 5.51. The maximum atomic E-state index is 10.0. The van der Waals surface area contributed by atoms with E-state index >= 15 is 0 Å². The van der Waals surface area contributed by atoms with E-state index in [9.17, 15) is 5.11 Å². The summed E-state index contributed by atoms with van der Waals surface area (Å²) in [5.74, 6) is 2.61. The number of hydrogen-bond acceptors (Lipinski definition) is 4. The number of ether oxygens (including phenoxy) is 2. The minimum absolute atomic E-state index is 0.257. The third-order valence-corrected chi connectivity index (χ3v) is 4.47. The first kappa shape index (κ1) is 10.5. The van der Waals surface area contributed by atoms with Crippen molar-refractivity contribution in [2.24, 2.45) is 5.92 Å². The zero-order valence-electron chi connectivity index (χ0n) is 10.3. The molecule has 2 heterocycles. The van der Waals surface area contributed by atoms with Gasteiger partial charge in [0.1, 0.15) is 5.75 Å². The Morgan fingerprint density at radius 1 is 1.22 bits per heavy atom. The van der Waals surface area contributed by atoms with Gasteiger partial charge < -0.3 is 14.6 Å². The molecule has 1 aliphatic carbocycles. The number of phenolic OH excluding ortho intramolecular Hbond substituents is 1. The molecule has 2 fully saturated rings. The molecule has 0 radical (unpaired) electrons. The van der Waals surface area contributed by atoms with Crippen molar-refractivity contribution in [1.82, 2.24) is 4.90 Å². The minimum Gasteiger partial charge on any atom is -0.507 e. The molecule has 18 heavy (non-hydrogen) atoms. The van der Waals surface area contributed by atoms with E-state index in [1.165, 1.54) is 25.8 Å². The normalized spacial score (nSPS) is 29.1. The number of nitrogens with zero attached hydrogens (tertiary/aromatic N) is 1. The monoisotopic (exact) mass is 247 g/mol. The van der Waals surface area contributed by atoms with Crippen molar-refractivity contribution in [3.05, 3.63) is 17.7 Å². The Hall–Kier alpha value is -1.42. The largest absolute Gasteiger partial charge is 0.507 e. The molecule has 2 atom stereocenters. The zero-order valence-corrected chi connectivity index (χ0v) is 10.3. The summed E-state index contributed by atoms with van der Waals surface area (Å²) < 4.78 is 10.6. The molecule has 1 saturated carbocycles. The molecule has 0 aromatic heterocycles. The van der Waals surface area contributed by atoms with Crippen molar-refractivity contribution in [2.45, 2.75) is 31.8 Å². The molecule has 2 bridgehead atoms. The maximum Gasteiger partial charge on any atom is 0.231 e. The molecule has 3 aliphatic rings. The van der Waals surface area contributed by atoms with Crippen LogP contribution in [0.4, 0.5) is 0 Å². The van der Waals surface area contributed by atoms with Gasteiger partial charge in [0.05, 0.1) is 0 Å². The average molecular weight is 247 g/mol. The van der Waals surface area contributed by atoms with E-state index < -0.39 is 0 Å². The van der Waals surface area contributed by atoms with Crippen LogP contribution < -0.4 is 9.47 Å². The average Bonchev–Trinajstić information content (AvgIpc) is 3.04. The van der Waals surface area contributed by atoms with Crippen molar-refractivity contribution in [3.8, 4) is 17.2 Å². The number of benzene rings is 1. The van der Waals surface area contributed by atoms with E-state index in [1.807, 2.05) is 6.07 Å². The summed E-state index contributed by atoms with van der Waals surface area (Å²) in [5, 5.41) is 10.0. The Morgan fingerprint density at radius 3 is 2.78 bits per heavy atom. The third kappa shape index (κ3) is 1.56. The van der Waals surface area contributed by atoms with Crippen molar-refractivity contribution < 1.29 is 14.6 Å². The number of hydrogen-bond donors (Lipinski definition) is 1. The van der Waals surface area contributed by atoms with E-state index in [0.29, 0.717) is 11.5 Å². The molecule has 4 nitrogen and oxygen atoms in total.